The Bertz CT molecular complexity index is 569. The molecule has 0 radical (unpaired) electrons. The maximum absolute atomic E-state index is 12.5. The second-order valence-electron chi connectivity index (χ2n) is 3.87. The Morgan fingerprint density at radius 2 is 2.20 bits per heavy atom. The molecule has 0 amide bonds. The Morgan fingerprint density at radius 1 is 1.40 bits per heavy atom. The van der Waals surface area contributed by atoms with Crippen molar-refractivity contribution < 1.29 is 17.9 Å². The molecule has 0 saturated heterocycles. The molecule has 2 heterocycles. The van der Waals surface area contributed by atoms with Crippen LogP contribution in [0.5, 0.6) is 0 Å². The molecule has 0 aromatic carbocycles. The fourth-order valence-electron chi connectivity index (χ4n) is 1.44. The highest BCUT2D eigenvalue weighted by Gasteiger charge is 2.32. The number of anilines is 2. The van der Waals surface area contributed by atoms with Gasteiger partial charge in [-0.05, 0) is 6.07 Å². The van der Waals surface area contributed by atoms with Crippen molar-refractivity contribution in [3.63, 3.8) is 0 Å². The predicted octanol–water partition coefficient (Wildman–Crippen LogP) is 2.08. The fourth-order valence-corrected chi connectivity index (χ4v) is 1.44. The molecule has 0 saturated carbocycles. The predicted molar refractivity (Wildman–Crippen MR) is 64.4 cm³/mol. The van der Waals surface area contributed by atoms with Crippen LogP contribution in [-0.2, 0) is 17.5 Å². The summed E-state index contributed by atoms with van der Waals surface area (Å²) >= 11 is 0. The van der Waals surface area contributed by atoms with E-state index in [2.05, 4.69) is 20.4 Å². The molecule has 2 aromatic rings. The lowest BCUT2D eigenvalue weighted by Crippen LogP contribution is -2.10. The van der Waals surface area contributed by atoms with Gasteiger partial charge in [0.15, 0.2) is 0 Å². The molecule has 0 aliphatic rings. The van der Waals surface area contributed by atoms with E-state index in [-0.39, 0.29) is 5.95 Å². The molecule has 20 heavy (non-hydrogen) atoms. The molecule has 108 valence electrons. The van der Waals surface area contributed by atoms with Gasteiger partial charge in [0.1, 0.15) is 5.69 Å². The normalized spacial score (nSPS) is 11.6. The largest absolute Gasteiger partial charge is 0.433 e. The number of aromatic nitrogens is 4. The maximum atomic E-state index is 12.5. The summed E-state index contributed by atoms with van der Waals surface area (Å²) in [5, 5.41) is 6.68. The van der Waals surface area contributed by atoms with E-state index in [1.54, 1.807) is 18.0 Å². The van der Waals surface area contributed by atoms with Crippen molar-refractivity contribution in [2.75, 3.05) is 19.0 Å². The minimum Gasteiger partial charge on any atom is -0.383 e. The zero-order valence-electron chi connectivity index (χ0n) is 10.6. The first-order chi connectivity index (χ1) is 9.49. The summed E-state index contributed by atoms with van der Waals surface area (Å²) in [6.45, 7) is 1.03. The summed E-state index contributed by atoms with van der Waals surface area (Å²) in [6, 6.07) is 0.813. The Labute approximate surface area is 112 Å². The number of methoxy groups -OCH3 is 1. The number of hydrogen-bond donors (Lipinski definition) is 1. The van der Waals surface area contributed by atoms with E-state index in [1.807, 2.05) is 0 Å². The quantitative estimate of drug-likeness (QED) is 0.912. The molecule has 0 spiro atoms. The van der Waals surface area contributed by atoms with Crippen LogP contribution >= 0.6 is 0 Å². The third-order valence-corrected chi connectivity index (χ3v) is 2.36. The third-order valence-electron chi connectivity index (χ3n) is 2.36. The lowest BCUT2D eigenvalue weighted by Gasteiger charge is -2.07. The minimum atomic E-state index is -4.50. The number of hydrogen-bond acceptors (Lipinski definition) is 5. The van der Waals surface area contributed by atoms with Gasteiger partial charge >= 0.3 is 6.18 Å². The number of nitrogens with one attached hydrogen (secondary N) is 1. The second-order valence-corrected chi connectivity index (χ2v) is 3.87. The Balaban J connectivity index is 2.08. The number of halogens is 3. The molecular formula is C11H12F3N5O. The van der Waals surface area contributed by atoms with E-state index in [4.69, 9.17) is 4.74 Å². The smallest absolute Gasteiger partial charge is 0.383 e. The highest BCUT2D eigenvalue weighted by molar-refractivity contribution is 5.50. The van der Waals surface area contributed by atoms with E-state index in [1.165, 1.54) is 6.20 Å². The summed E-state index contributed by atoms with van der Waals surface area (Å²) in [5.74, 6) is -0.133. The summed E-state index contributed by atoms with van der Waals surface area (Å²) in [4.78, 5) is 7.14. The average Bonchev–Trinajstić information content (AvgIpc) is 2.83. The van der Waals surface area contributed by atoms with Gasteiger partial charge in [0, 0.05) is 19.5 Å². The molecule has 0 aliphatic carbocycles. The van der Waals surface area contributed by atoms with Crippen molar-refractivity contribution in [1.29, 1.82) is 0 Å². The summed E-state index contributed by atoms with van der Waals surface area (Å²) in [6.07, 6.45) is -0.350. The van der Waals surface area contributed by atoms with E-state index < -0.39 is 11.9 Å². The van der Waals surface area contributed by atoms with Crippen molar-refractivity contribution in [2.45, 2.75) is 12.7 Å². The van der Waals surface area contributed by atoms with Gasteiger partial charge in [-0.2, -0.15) is 18.3 Å². The average molecular weight is 287 g/mol. The number of alkyl halides is 3. The number of rotatable bonds is 5. The molecule has 1 N–H and O–H groups in total. The van der Waals surface area contributed by atoms with Crippen molar-refractivity contribution >= 4 is 11.6 Å². The van der Waals surface area contributed by atoms with Crippen molar-refractivity contribution in [3.8, 4) is 0 Å². The van der Waals surface area contributed by atoms with E-state index in [0.29, 0.717) is 18.8 Å². The van der Waals surface area contributed by atoms with Crippen LogP contribution in [0, 0.1) is 0 Å². The van der Waals surface area contributed by atoms with Crippen LogP contribution in [0.25, 0.3) is 0 Å². The van der Waals surface area contributed by atoms with Crippen LogP contribution in [0.4, 0.5) is 24.8 Å². The first-order valence-corrected chi connectivity index (χ1v) is 5.67. The molecular weight excluding hydrogens is 275 g/mol. The third kappa shape index (κ3) is 3.67. The SMILES string of the molecule is COCCn1cc(Nc2nccc(C(F)(F)F)n2)cn1. The van der Waals surface area contributed by atoms with Gasteiger partial charge < -0.3 is 10.1 Å². The van der Waals surface area contributed by atoms with Gasteiger partial charge in [-0.25, -0.2) is 9.97 Å². The Kier molecular flexibility index (Phi) is 4.18. The molecule has 9 heteroatoms. The van der Waals surface area contributed by atoms with Crippen LogP contribution in [0.15, 0.2) is 24.7 Å². The zero-order chi connectivity index (χ0) is 14.6. The maximum Gasteiger partial charge on any atom is 0.433 e. The zero-order valence-corrected chi connectivity index (χ0v) is 10.6. The first-order valence-electron chi connectivity index (χ1n) is 5.67. The van der Waals surface area contributed by atoms with Gasteiger partial charge in [-0.1, -0.05) is 0 Å². The minimum absolute atomic E-state index is 0.133. The molecule has 6 nitrogen and oxygen atoms in total. The highest BCUT2D eigenvalue weighted by Crippen LogP contribution is 2.27. The number of nitrogens with zero attached hydrogens (tertiary/aromatic N) is 4. The molecule has 0 aliphatic heterocycles. The second kappa shape index (κ2) is 5.87. The monoisotopic (exact) mass is 287 g/mol. The van der Waals surface area contributed by atoms with E-state index in [0.717, 1.165) is 12.3 Å². The number of ether oxygens (including phenoxy) is 1. The lowest BCUT2D eigenvalue weighted by atomic mass is 10.4. The van der Waals surface area contributed by atoms with E-state index in [9.17, 15) is 13.2 Å². The summed E-state index contributed by atoms with van der Waals surface area (Å²) in [7, 11) is 1.57. The summed E-state index contributed by atoms with van der Waals surface area (Å²) < 4.78 is 44.0. The molecule has 0 bridgehead atoms. The highest BCUT2D eigenvalue weighted by atomic mass is 19.4. The van der Waals surface area contributed by atoms with Crippen LogP contribution in [0.1, 0.15) is 5.69 Å². The molecule has 0 fully saturated rings. The van der Waals surface area contributed by atoms with Crippen LogP contribution in [0.2, 0.25) is 0 Å². The van der Waals surface area contributed by atoms with E-state index >= 15 is 0 Å². The fraction of sp³-hybridized carbons (Fsp3) is 0.364. The Hall–Kier alpha value is -2.16. The van der Waals surface area contributed by atoms with Gasteiger partial charge in [-0.3, -0.25) is 4.68 Å². The standard InChI is InChI=1S/C11H12F3N5O/c1-20-5-4-19-7-8(6-16-19)17-10-15-3-2-9(18-10)11(12,13)14/h2-3,6-7H,4-5H2,1H3,(H,15,17,18). The molecule has 0 unspecified atom stereocenters. The van der Waals surface area contributed by atoms with Gasteiger partial charge in [0.2, 0.25) is 5.95 Å². The van der Waals surface area contributed by atoms with Gasteiger partial charge in [0.05, 0.1) is 25.0 Å². The van der Waals surface area contributed by atoms with Gasteiger partial charge in [0.25, 0.3) is 0 Å². The van der Waals surface area contributed by atoms with Crippen LogP contribution in [-0.4, -0.2) is 33.5 Å². The first kappa shape index (κ1) is 14.3. The van der Waals surface area contributed by atoms with Gasteiger partial charge in [-0.15, -0.1) is 0 Å². The molecule has 0 atom stereocenters. The lowest BCUT2D eigenvalue weighted by molar-refractivity contribution is -0.141. The van der Waals surface area contributed by atoms with Crippen LogP contribution in [0.3, 0.4) is 0 Å². The molecule has 2 rings (SSSR count). The summed E-state index contributed by atoms with van der Waals surface area (Å²) in [5.41, 5.74) is -0.498. The topological polar surface area (TPSA) is 64.9 Å². The Morgan fingerprint density at radius 3 is 2.90 bits per heavy atom. The van der Waals surface area contributed by atoms with Crippen molar-refractivity contribution in [2.24, 2.45) is 0 Å². The van der Waals surface area contributed by atoms with Crippen molar-refractivity contribution in [3.05, 3.63) is 30.4 Å². The molecule has 2 aromatic heterocycles. The van der Waals surface area contributed by atoms with Crippen molar-refractivity contribution in [1.82, 2.24) is 19.7 Å². The van der Waals surface area contributed by atoms with Crippen LogP contribution < -0.4 is 5.32 Å².